The van der Waals surface area contributed by atoms with E-state index < -0.39 is 17.5 Å². The van der Waals surface area contributed by atoms with E-state index in [1.165, 1.54) is 101 Å². The fourth-order valence-corrected chi connectivity index (χ4v) is 26.9. The SMILES string of the molecule is C=CC(=O)OCCNC(=O)OCC(CSc1nc2ccccc2s1)(Cn1c2ccc(-c3cccc4c3Sc3ccccc3S4)cc2c2cc(-c3cccc4c3Sc3ccccc3S4)ccc21)Cn1c2ccc(-c3cccc4c3Sc3ccccc3S4)cc2c2cc(-c3cccc4c3Sc3ccccc3S4)ccc21. The molecule has 524 valence electrons. The van der Waals surface area contributed by atoms with Gasteiger partial charge in [0.15, 0.2) is 4.34 Å². The van der Waals surface area contributed by atoms with Crippen LogP contribution in [-0.4, -0.2) is 51.7 Å². The second-order valence-electron chi connectivity index (χ2n) is 26.8. The molecule has 3 aromatic heterocycles. The summed E-state index contributed by atoms with van der Waals surface area (Å²) in [7, 11) is 0. The number of nitrogens with zero attached hydrogens (tertiary/aromatic N) is 3. The first-order valence-corrected chi connectivity index (χ1v) is 43.6. The molecule has 0 saturated carbocycles. The van der Waals surface area contributed by atoms with E-state index in [1.807, 2.05) is 100 Å². The Hall–Kier alpha value is -9.02. The van der Waals surface area contributed by atoms with Crippen LogP contribution in [0.3, 0.4) is 0 Å². The van der Waals surface area contributed by atoms with Crippen LogP contribution in [0.4, 0.5) is 4.79 Å². The van der Waals surface area contributed by atoms with Crippen LogP contribution in [-0.2, 0) is 27.4 Å². The summed E-state index contributed by atoms with van der Waals surface area (Å²) in [5.41, 5.74) is 13.6. The second-order valence-corrected chi connectivity index (χ2v) is 37.6. The summed E-state index contributed by atoms with van der Waals surface area (Å²) in [6.07, 6.45) is 0.509. The Labute approximate surface area is 666 Å². The van der Waals surface area contributed by atoms with Crippen LogP contribution in [0.5, 0.6) is 0 Å². The number of nitrogens with one attached hydrogen (secondary N) is 1. The monoisotopic (exact) mass is 1580 g/mol. The molecule has 16 aromatic rings. The molecule has 18 heteroatoms. The first-order chi connectivity index (χ1) is 53.2. The van der Waals surface area contributed by atoms with Crippen LogP contribution in [0, 0.1) is 5.41 Å². The van der Waals surface area contributed by atoms with E-state index in [4.69, 9.17) is 14.5 Å². The van der Waals surface area contributed by atoms with Gasteiger partial charge in [-0.2, -0.15) is 0 Å². The summed E-state index contributed by atoms with van der Waals surface area (Å²) in [5, 5.41) is 7.43. The van der Waals surface area contributed by atoms with Gasteiger partial charge in [0.25, 0.3) is 0 Å². The number of carbonyl (C=O) groups is 2. The predicted octanol–water partition coefficient (Wildman–Crippen LogP) is 26.6. The van der Waals surface area contributed by atoms with Crippen molar-refractivity contribution in [1.29, 1.82) is 0 Å². The zero-order valence-electron chi connectivity index (χ0n) is 57.5. The molecule has 0 atom stereocenters. The van der Waals surface area contributed by atoms with E-state index in [0.717, 1.165) is 86.5 Å². The number of rotatable bonds is 17. The van der Waals surface area contributed by atoms with Gasteiger partial charge in [-0.25, -0.2) is 14.6 Å². The highest BCUT2D eigenvalue weighted by Crippen LogP contribution is 2.57. The third-order valence-corrected chi connectivity index (χ3v) is 33.1. The van der Waals surface area contributed by atoms with Crippen LogP contribution in [0.1, 0.15) is 0 Å². The number of hydrogen-bond acceptors (Lipinski definition) is 15. The molecule has 0 saturated heterocycles. The van der Waals surface area contributed by atoms with Crippen molar-refractivity contribution in [2.75, 3.05) is 25.5 Å². The standard InChI is InChI=1S/C90H60N4O4S10/c1-2-83(95)97-44-43-91-88(96)98-51-90(52-99-89-92-65-21-3-4-22-70(65)108-89,49-93-66-39-35-53(57-17-13-31-79-84(57)104-75-27-9-5-23-71(75)100-79)45-61(66)62-46-54(36-40-67(62)93)58-18-14-32-80-85(58)105-76-28-10-6-24-72(76)101-80)50-94-68-41-37-55(59-19-15-33-81-86(59)106-77-29-11-7-25-73(77)102-81)47-63(68)64-48-56(38-42-69(64)94)60-20-16-34-82-87(60)107-78-30-12-8-26-74(78)103-82/h2-42,45-48H,1,43-44,49-52H2,(H,91,96). The normalized spacial score (nSPS) is 13.3. The number of esters is 1. The van der Waals surface area contributed by atoms with E-state index in [-0.39, 0.29) is 19.8 Å². The van der Waals surface area contributed by atoms with Crippen molar-refractivity contribution < 1.29 is 19.1 Å². The smallest absolute Gasteiger partial charge is 0.407 e. The van der Waals surface area contributed by atoms with E-state index in [2.05, 4.69) is 282 Å². The van der Waals surface area contributed by atoms with Gasteiger partial charge in [-0.15, -0.1) is 11.3 Å². The summed E-state index contributed by atoms with van der Waals surface area (Å²) in [4.78, 5) is 52.3. The molecule has 0 bridgehead atoms. The Morgan fingerprint density at radius 2 is 0.750 bits per heavy atom. The highest BCUT2D eigenvalue weighted by atomic mass is 32.2. The van der Waals surface area contributed by atoms with Crippen molar-refractivity contribution in [2.24, 2.45) is 5.41 Å². The number of carbonyl (C=O) groups excluding carboxylic acids is 2. The third kappa shape index (κ3) is 12.7. The Balaban J connectivity index is 0.788. The number of hydrogen-bond donors (Lipinski definition) is 1. The topological polar surface area (TPSA) is 87.4 Å². The lowest BCUT2D eigenvalue weighted by molar-refractivity contribution is -0.137. The van der Waals surface area contributed by atoms with Crippen molar-refractivity contribution in [1.82, 2.24) is 19.4 Å². The lowest BCUT2D eigenvalue weighted by atomic mass is 9.90. The molecule has 8 nitrogen and oxygen atoms in total. The van der Waals surface area contributed by atoms with Gasteiger partial charge in [-0.05, 0) is 178 Å². The summed E-state index contributed by atoms with van der Waals surface area (Å²) >= 11 is 18.1. The Morgan fingerprint density at radius 1 is 0.407 bits per heavy atom. The molecule has 108 heavy (non-hydrogen) atoms. The van der Waals surface area contributed by atoms with Crippen LogP contribution in [0.15, 0.2) is 362 Å². The van der Waals surface area contributed by atoms with E-state index in [9.17, 15) is 9.59 Å². The Morgan fingerprint density at radius 3 is 1.11 bits per heavy atom. The molecule has 13 aromatic carbocycles. The fraction of sp³-hybridized carbons (Fsp3) is 0.0778. The third-order valence-electron chi connectivity index (χ3n) is 20.1. The highest BCUT2D eigenvalue weighted by Gasteiger charge is 2.38. The first kappa shape index (κ1) is 68.3. The average molecular weight is 1580 g/mol. The average Bonchev–Trinajstić information content (AvgIpc) is 1.58. The molecule has 7 heterocycles. The van der Waals surface area contributed by atoms with Gasteiger partial charge in [0.1, 0.15) is 13.2 Å². The predicted molar refractivity (Wildman–Crippen MR) is 453 cm³/mol. The van der Waals surface area contributed by atoms with Gasteiger partial charge >= 0.3 is 12.1 Å². The molecule has 4 aliphatic heterocycles. The molecule has 4 aliphatic rings. The van der Waals surface area contributed by atoms with Crippen molar-refractivity contribution in [3.63, 3.8) is 0 Å². The summed E-state index contributed by atoms with van der Waals surface area (Å²) in [6, 6.07) is 98.3. The summed E-state index contributed by atoms with van der Waals surface area (Å²) < 4.78 is 19.2. The lowest BCUT2D eigenvalue weighted by Crippen LogP contribution is -2.41. The van der Waals surface area contributed by atoms with Gasteiger partial charge < -0.3 is 23.9 Å². The minimum absolute atomic E-state index is 0.00406. The van der Waals surface area contributed by atoms with E-state index in [1.54, 1.807) is 23.1 Å². The van der Waals surface area contributed by atoms with Gasteiger partial charge in [0.2, 0.25) is 0 Å². The number of amides is 1. The van der Waals surface area contributed by atoms with Crippen molar-refractivity contribution >= 4 is 183 Å². The minimum Gasteiger partial charge on any atom is -0.461 e. The van der Waals surface area contributed by atoms with Gasteiger partial charge in [0.05, 0.1) is 16.8 Å². The minimum atomic E-state index is -0.902. The van der Waals surface area contributed by atoms with Crippen LogP contribution < -0.4 is 5.32 Å². The summed E-state index contributed by atoms with van der Waals surface area (Å²) in [6.45, 7) is 4.41. The number of benzene rings is 13. The van der Waals surface area contributed by atoms with Gasteiger partial charge in [0, 0.05) is 152 Å². The Bertz CT molecular complexity index is 5750. The highest BCUT2D eigenvalue weighted by molar-refractivity contribution is 8.06. The quantitative estimate of drug-likeness (QED) is 0.0406. The maximum Gasteiger partial charge on any atom is 0.407 e. The number of aromatic nitrogens is 3. The molecule has 1 amide bonds. The van der Waals surface area contributed by atoms with Gasteiger partial charge in [-0.3, -0.25) is 0 Å². The number of ether oxygens (including phenoxy) is 2. The van der Waals surface area contributed by atoms with Crippen LogP contribution in [0.25, 0.3) is 98.3 Å². The molecule has 0 fully saturated rings. The molecular formula is C90H60N4O4S10. The van der Waals surface area contributed by atoms with Crippen molar-refractivity contribution in [3.05, 3.63) is 280 Å². The number of fused-ring (bicyclic) bond motifs is 15. The zero-order valence-corrected chi connectivity index (χ0v) is 65.7. The first-order valence-electron chi connectivity index (χ1n) is 35.3. The lowest BCUT2D eigenvalue weighted by Gasteiger charge is -2.35. The van der Waals surface area contributed by atoms with E-state index >= 15 is 0 Å². The van der Waals surface area contributed by atoms with Crippen molar-refractivity contribution in [3.8, 4) is 44.5 Å². The Kier molecular flexibility index (Phi) is 18.2. The second kappa shape index (κ2) is 28.8. The molecule has 1 N–H and O–H groups in total. The number of alkyl carbamates (subject to hydrolysis) is 1. The number of para-hydroxylation sites is 1. The number of thiazole rings is 1. The molecule has 0 radical (unpaired) electrons. The maximum atomic E-state index is 14.7. The summed E-state index contributed by atoms with van der Waals surface area (Å²) in [5.74, 6) is -0.0758. The molecule has 0 aliphatic carbocycles. The largest absolute Gasteiger partial charge is 0.461 e. The molecule has 0 unspecified atom stereocenters. The maximum absolute atomic E-state index is 14.7. The van der Waals surface area contributed by atoms with E-state index in [0.29, 0.717) is 18.8 Å². The molecule has 20 rings (SSSR count). The fourth-order valence-electron chi connectivity index (χ4n) is 15.0. The van der Waals surface area contributed by atoms with Gasteiger partial charge in [-0.1, -0.05) is 246 Å². The molecule has 0 spiro atoms. The van der Waals surface area contributed by atoms with Crippen LogP contribution in [0.2, 0.25) is 0 Å². The zero-order chi connectivity index (χ0) is 72.0. The molecular weight excluding hydrogens is 1520 g/mol. The van der Waals surface area contributed by atoms with Crippen molar-refractivity contribution in [2.45, 2.75) is 95.8 Å². The van der Waals surface area contributed by atoms with Crippen LogP contribution >= 0.6 is 117 Å². The number of thioether (sulfide) groups is 1.